The lowest BCUT2D eigenvalue weighted by Gasteiger charge is -2.09. The predicted octanol–water partition coefficient (Wildman–Crippen LogP) is 2.33. The molecule has 2 aromatic rings. The van der Waals surface area contributed by atoms with E-state index in [9.17, 15) is 0 Å². The molecule has 0 aliphatic carbocycles. The maximum absolute atomic E-state index is 5.72. The second-order valence-corrected chi connectivity index (χ2v) is 5.36. The first-order valence-electron chi connectivity index (χ1n) is 5.73. The van der Waals surface area contributed by atoms with E-state index < -0.39 is 0 Å². The fourth-order valence-corrected chi connectivity index (χ4v) is 2.45. The Balaban J connectivity index is 1.94. The van der Waals surface area contributed by atoms with Crippen molar-refractivity contribution in [2.75, 3.05) is 12.8 Å². The van der Waals surface area contributed by atoms with Crippen LogP contribution < -0.4 is 15.8 Å². The van der Waals surface area contributed by atoms with Gasteiger partial charge in [0.1, 0.15) is 10.8 Å². The van der Waals surface area contributed by atoms with E-state index in [2.05, 4.69) is 17.2 Å². The number of aromatic nitrogens is 1. The molecule has 2 rings (SSSR count). The van der Waals surface area contributed by atoms with Crippen LogP contribution in [0.3, 0.4) is 0 Å². The molecule has 0 radical (unpaired) electrons. The molecule has 0 spiro atoms. The van der Waals surface area contributed by atoms with Gasteiger partial charge in [0.05, 0.1) is 7.11 Å². The van der Waals surface area contributed by atoms with E-state index in [1.807, 2.05) is 24.4 Å². The van der Waals surface area contributed by atoms with E-state index in [1.165, 1.54) is 4.88 Å². The molecule has 1 heterocycles. The highest BCUT2D eigenvalue weighted by Gasteiger charge is 2.04. The van der Waals surface area contributed by atoms with Gasteiger partial charge in [-0.05, 0) is 13.0 Å². The molecule has 0 aliphatic rings. The van der Waals surface area contributed by atoms with Crippen LogP contribution in [-0.4, -0.2) is 12.1 Å². The van der Waals surface area contributed by atoms with Gasteiger partial charge in [-0.3, -0.25) is 0 Å². The summed E-state index contributed by atoms with van der Waals surface area (Å²) in [6, 6.07) is 5.70. The number of thiazole rings is 1. The summed E-state index contributed by atoms with van der Waals surface area (Å²) in [6.07, 6.45) is 1.89. The minimum absolute atomic E-state index is 0.714. The van der Waals surface area contributed by atoms with Gasteiger partial charge in [-0.2, -0.15) is 0 Å². The van der Waals surface area contributed by atoms with Gasteiger partial charge in [0.15, 0.2) is 0 Å². The number of rotatable bonds is 5. The SMILES string of the molecule is COc1cc(N)ccc1CNCc1ncc(C)s1. The molecule has 0 amide bonds. The molecule has 0 bridgehead atoms. The number of nitrogens with two attached hydrogens (primary N) is 1. The van der Waals surface area contributed by atoms with Crippen LogP contribution in [0.2, 0.25) is 0 Å². The van der Waals surface area contributed by atoms with Gasteiger partial charge in [0.2, 0.25) is 0 Å². The fraction of sp³-hybridized carbons (Fsp3) is 0.308. The largest absolute Gasteiger partial charge is 0.496 e. The molecule has 0 atom stereocenters. The van der Waals surface area contributed by atoms with Gasteiger partial charge >= 0.3 is 0 Å². The molecular weight excluding hydrogens is 246 g/mol. The predicted molar refractivity (Wildman–Crippen MR) is 74.8 cm³/mol. The lowest BCUT2D eigenvalue weighted by Crippen LogP contribution is -2.13. The third kappa shape index (κ3) is 3.21. The van der Waals surface area contributed by atoms with Gasteiger partial charge in [0, 0.05) is 41.5 Å². The van der Waals surface area contributed by atoms with Crippen LogP contribution in [0.25, 0.3) is 0 Å². The smallest absolute Gasteiger partial charge is 0.125 e. The first-order chi connectivity index (χ1) is 8.69. The molecule has 0 fully saturated rings. The van der Waals surface area contributed by atoms with Crippen molar-refractivity contribution < 1.29 is 4.74 Å². The Morgan fingerprint density at radius 3 is 2.89 bits per heavy atom. The highest BCUT2D eigenvalue weighted by molar-refractivity contribution is 7.11. The number of hydrogen-bond acceptors (Lipinski definition) is 5. The third-order valence-electron chi connectivity index (χ3n) is 2.57. The Bertz CT molecular complexity index is 525. The normalized spacial score (nSPS) is 10.6. The molecule has 0 saturated carbocycles. The Labute approximate surface area is 111 Å². The lowest BCUT2D eigenvalue weighted by molar-refractivity contribution is 0.408. The molecule has 0 aliphatic heterocycles. The summed E-state index contributed by atoms with van der Waals surface area (Å²) >= 11 is 1.71. The zero-order valence-corrected chi connectivity index (χ0v) is 11.4. The summed E-state index contributed by atoms with van der Waals surface area (Å²) in [7, 11) is 1.66. The average molecular weight is 263 g/mol. The Morgan fingerprint density at radius 1 is 1.39 bits per heavy atom. The Hall–Kier alpha value is -1.59. The minimum atomic E-state index is 0.714. The highest BCUT2D eigenvalue weighted by Crippen LogP contribution is 2.21. The van der Waals surface area contributed by atoms with Gasteiger partial charge < -0.3 is 15.8 Å². The van der Waals surface area contributed by atoms with E-state index in [1.54, 1.807) is 18.4 Å². The Kier molecular flexibility index (Phi) is 4.17. The average Bonchev–Trinajstić information content (AvgIpc) is 2.77. The van der Waals surface area contributed by atoms with Crippen molar-refractivity contribution in [3.05, 3.63) is 39.8 Å². The van der Waals surface area contributed by atoms with E-state index in [0.29, 0.717) is 5.69 Å². The monoisotopic (exact) mass is 263 g/mol. The fourth-order valence-electron chi connectivity index (χ4n) is 1.69. The number of hydrogen-bond donors (Lipinski definition) is 2. The minimum Gasteiger partial charge on any atom is -0.496 e. The van der Waals surface area contributed by atoms with Gasteiger partial charge in [-0.15, -0.1) is 11.3 Å². The standard InChI is InChI=1S/C13H17N3OS/c1-9-6-16-13(18-9)8-15-7-10-3-4-11(14)5-12(10)17-2/h3-6,15H,7-8,14H2,1-2H3. The maximum atomic E-state index is 5.72. The molecule has 1 aromatic carbocycles. The second kappa shape index (κ2) is 5.84. The topological polar surface area (TPSA) is 60.2 Å². The van der Waals surface area contributed by atoms with E-state index in [0.717, 1.165) is 29.4 Å². The van der Waals surface area contributed by atoms with Crippen molar-refractivity contribution in [1.29, 1.82) is 0 Å². The molecule has 96 valence electrons. The van der Waals surface area contributed by atoms with Crippen molar-refractivity contribution in [3.8, 4) is 5.75 Å². The molecular formula is C13H17N3OS. The summed E-state index contributed by atoms with van der Waals surface area (Å²) in [4.78, 5) is 5.54. The van der Waals surface area contributed by atoms with E-state index >= 15 is 0 Å². The summed E-state index contributed by atoms with van der Waals surface area (Å²) in [5, 5.41) is 4.45. The van der Waals surface area contributed by atoms with Crippen LogP contribution in [-0.2, 0) is 13.1 Å². The van der Waals surface area contributed by atoms with Gasteiger partial charge in [-0.25, -0.2) is 4.98 Å². The van der Waals surface area contributed by atoms with Crippen LogP contribution in [0.1, 0.15) is 15.4 Å². The summed E-state index contributed by atoms with van der Waals surface area (Å²) in [6.45, 7) is 3.57. The van der Waals surface area contributed by atoms with Crippen LogP contribution in [0.15, 0.2) is 24.4 Å². The molecule has 18 heavy (non-hydrogen) atoms. The van der Waals surface area contributed by atoms with Crippen LogP contribution in [0.4, 0.5) is 5.69 Å². The number of ether oxygens (including phenoxy) is 1. The zero-order valence-electron chi connectivity index (χ0n) is 10.6. The summed E-state index contributed by atoms with van der Waals surface area (Å²) in [5.74, 6) is 0.817. The number of methoxy groups -OCH3 is 1. The zero-order chi connectivity index (χ0) is 13.0. The van der Waals surface area contributed by atoms with Crippen molar-refractivity contribution in [3.63, 3.8) is 0 Å². The number of benzene rings is 1. The number of nitrogen functional groups attached to an aromatic ring is 1. The highest BCUT2D eigenvalue weighted by atomic mass is 32.1. The molecule has 3 N–H and O–H groups in total. The van der Waals surface area contributed by atoms with Crippen LogP contribution in [0, 0.1) is 6.92 Å². The molecule has 0 unspecified atom stereocenters. The maximum Gasteiger partial charge on any atom is 0.125 e. The van der Waals surface area contributed by atoms with Gasteiger partial charge in [-0.1, -0.05) is 6.07 Å². The summed E-state index contributed by atoms with van der Waals surface area (Å²) < 4.78 is 5.30. The first kappa shape index (κ1) is 12.9. The lowest BCUT2D eigenvalue weighted by atomic mass is 10.2. The number of nitrogens with one attached hydrogen (secondary N) is 1. The van der Waals surface area contributed by atoms with E-state index in [4.69, 9.17) is 10.5 Å². The van der Waals surface area contributed by atoms with Crippen LogP contribution in [0.5, 0.6) is 5.75 Å². The number of nitrogens with zero attached hydrogens (tertiary/aromatic N) is 1. The molecule has 1 aromatic heterocycles. The Morgan fingerprint density at radius 2 is 2.22 bits per heavy atom. The van der Waals surface area contributed by atoms with E-state index in [-0.39, 0.29) is 0 Å². The summed E-state index contributed by atoms with van der Waals surface area (Å²) in [5.41, 5.74) is 7.53. The third-order valence-corrected chi connectivity index (χ3v) is 3.48. The number of anilines is 1. The molecule has 4 nitrogen and oxygen atoms in total. The van der Waals surface area contributed by atoms with Crippen molar-refractivity contribution in [2.45, 2.75) is 20.0 Å². The first-order valence-corrected chi connectivity index (χ1v) is 6.55. The van der Waals surface area contributed by atoms with Crippen LogP contribution >= 0.6 is 11.3 Å². The quantitative estimate of drug-likeness (QED) is 0.813. The van der Waals surface area contributed by atoms with Gasteiger partial charge in [0.25, 0.3) is 0 Å². The molecule has 0 saturated heterocycles. The van der Waals surface area contributed by atoms with Crippen molar-refractivity contribution in [2.24, 2.45) is 0 Å². The number of aryl methyl sites for hydroxylation is 1. The molecule has 5 heteroatoms. The van der Waals surface area contributed by atoms with Crippen molar-refractivity contribution >= 4 is 17.0 Å². The second-order valence-electron chi connectivity index (χ2n) is 4.04. The van der Waals surface area contributed by atoms with Crippen molar-refractivity contribution in [1.82, 2.24) is 10.3 Å².